The molecule has 0 aromatic heterocycles. The van der Waals surface area contributed by atoms with Crippen molar-refractivity contribution in [3.05, 3.63) is 0 Å². The average molecular weight is 190 g/mol. The Labute approximate surface area is 81.0 Å². The fourth-order valence-electron chi connectivity index (χ4n) is 1.24. The summed E-state index contributed by atoms with van der Waals surface area (Å²) in [4.78, 5) is 0. The Morgan fingerprint density at radius 3 is 2.08 bits per heavy atom. The van der Waals surface area contributed by atoms with E-state index in [1.807, 2.05) is 13.8 Å². The molecule has 0 radical (unpaired) electrons. The lowest BCUT2D eigenvalue weighted by molar-refractivity contribution is -0.150. The van der Waals surface area contributed by atoms with Gasteiger partial charge in [0.1, 0.15) is 0 Å². The summed E-state index contributed by atoms with van der Waals surface area (Å²) in [6.45, 7) is 5.92. The maximum atomic E-state index is 10.1. The van der Waals surface area contributed by atoms with Crippen LogP contribution in [0.2, 0.25) is 0 Å². The van der Waals surface area contributed by atoms with Gasteiger partial charge in [0, 0.05) is 20.6 Å². The summed E-state index contributed by atoms with van der Waals surface area (Å²) in [6.07, 6.45) is 1.14. The van der Waals surface area contributed by atoms with Crippen molar-refractivity contribution in [1.82, 2.24) is 0 Å². The van der Waals surface area contributed by atoms with E-state index in [1.54, 1.807) is 14.2 Å². The van der Waals surface area contributed by atoms with Crippen LogP contribution in [-0.4, -0.2) is 31.2 Å². The minimum Gasteiger partial charge on any atom is -0.390 e. The van der Waals surface area contributed by atoms with E-state index < -0.39 is 5.60 Å². The van der Waals surface area contributed by atoms with Crippen LogP contribution >= 0.6 is 0 Å². The molecule has 3 nitrogen and oxygen atoms in total. The van der Waals surface area contributed by atoms with E-state index >= 15 is 0 Å². The van der Waals surface area contributed by atoms with Crippen LogP contribution in [0.1, 0.15) is 33.6 Å². The summed E-state index contributed by atoms with van der Waals surface area (Å²) in [5.41, 5.74) is -0.717. The summed E-state index contributed by atoms with van der Waals surface area (Å²) in [6, 6.07) is 0. The highest BCUT2D eigenvalue weighted by atomic mass is 16.7. The Hall–Kier alpha value is -0.120. The predicted octanol–water partition coefficient (Wildman–Crippen LogP) is 1.79. The minimum absolute atomic E-state index is 0.250. The number of hydrogen-bond acceptors (Lipinski definition) is 3. The lowest BCUT2D eigenvalue weighted by Crippen LogP contribution is -2.37. The Kier molecular flexibility index (Phi) is 5.53. The Morgan fingerprint density at radius 2 is 1.77 bits per heavy atom. The summed E-state index contributed by atoms with van der Waals surface area (Å²) in [7, 11) is 3.17. The van der Waals surface area contributed by atoms with Crippen LogP contribution in [0.25, 0.3) is 0 Å². The predicted molar refractivity (Wildman–Crippen MR) is 52.5 cm³/mol. The Balaban J connectivity index is 4.13. The smallest absolute Gasteiger partial charge is 0.159 e. The van der Waals surface area contributed by atoms with Gasteiger partial charge < -0.3 is 14.6 Å². The van der Waals surface area contributed by atoms with Gasteiger partial charge in [-0.1, -0.05) is 20.3 Å². The SMILES string of the molecule is CCC(C)C(C)(O)CC(OC)OC. The molecule has 0 aromatic carbocycles. The molecule has 0 spiro atoms. The molecular formula is C10H22O3. The van der Waals surface area contributed by atoms with Crippen molar-refractivity contribution in [2.75, 3.05) is 14.2 Å². The van der Waals surface area contributed by atoms with Crippen LogP contribution in [0.3, 0.4) is 0 Å². The van der Waals surface area contributed by atoms with Crippen molar-refractivity contribution < 1.29 is 14.6 Å². The molecule has 13 heavy (non-hydrogen) atoms. The first-order valence-electron chi connectivity index (χ1n) is 4.75. The van der Waals surface area contributed by atoms with Gasteiger partial charge in [-0.2, -0.15) is 0 Å². The van der Waals surface area contributed by atoms with Crippen molar-refractivity contribution in [3.8, 4) is 0 Å². The summed E-state index contributed by atoms with van der Waals surface area (Å²) in [5, 5.41) is 10.1. The highest BCUT2D eigenvalue weighted by Gasteiger charge is 2.30. The summed E-state index contributed by atoms with van der Waals surface area (Å²) < 4.78 is 10.1. The number of rotatable bonds is 6. The zero-order valence-electron chi connectivity index (χ0n) is 9.33. The first-order valence-corrected chi connectivity index (χ1v) is 4.75. The molecule has 0 rings (SSSR count). The molecule has 3 heteroatoms. The highest BCUT2D eigenvalue weighted by Crippen LogP contribution is 2.25. The lowest BCUT2D eigenvalue weighted by Gasteiger charge is -2.32. The van der Waals surface area contributed by atoms with Gasteiger partial charge in [-0.3, -0.25) is 0 Å². The second-order valence-corrected chi connectivity index (χ2v) is 3.77. The van der Waals surface area contributed by atoms with E-state index in [-0.39, 0.29) is 12.2 Å². The van der Waals surface area contributed by atoms with Gasteiger partial charge in [0.2, 0.25) is 0 Å². The van der Waals surface area contributed by atoms with Crippen molar-refractivity contribution in [3.63, 3.8) is 0 Å². The molecule has 0 aromatic rings. The van der Waals surface area contributed by atoms with Crippen molar-refractivity contribution >= 4 is 0 Å². The van der Waals surface area contributed by atoms with Crippen LogP contribution in [0.15, 0.2) is 0 Å². The van der Waals surface area contributed by atoms with E-state index in [4.69, 9.17) is 9.47 Å². The largest absolute Gasteiger partial charge is 0.390 e. The van der Waals surface area contributed by atoms with Gasteiger partial charge in [-0.05, 0) is 12.8 Å². The Morgan fingerprint density at radius 1 is 1.31 bits per heavy atom. The van der Waals surface area contributed by atoms with Crippen LogP contribution in [0, 0.1) is 5.92 Å². The summed E-state index contributed by atoms with van der Waals surface area (Å²) >= 11 is 0. The minimum atomic E-state index is -0.717. The number of methoxy groups -OCH3 is 2. The van der Waals surface area contributed by atoms with Gasteiger partial charge >= 0.3 is 0 Å². The number of ether oxygens (including phenoxy) is 2. The second kappa shape index (κ2) is 5.58. The molecule has 80 valence electrons. The molecule has 0 fully saturated rings. The number of hydrogen-bond donors (Lipinski definition) is 1. The molecule has 0 saturated heterocycles. The number of aliphatic hydroxyl groups is 1. The normalized spacial score (nSPS) is 18.7. The molecule has 0 aliphatic rings. The monoisotopic (exact) mass is 190 g/mol. The third-order valence-corrected chi connectivity index (χ3v) is 2.78. The molecule has 0 heterocycles. The first kappa shape index (κ1) is 12.9. The fraction of sp³-hybridized carbons (Fsp3) is 1.00. The third kappa shape index (κ3) is 4.07. The van der Waals surface area contributed by atoms with Gasteiger partial charge in [0.25, 0.3) is 0 Å². The van der Waals surface area contributed by atoms with Gasteiger partial charge in [0.15, 0.2) is 6.29 Å². The molecule has 0 bridgehead atoms. The lowest BCUT2D eigenvalue weighted by atomic mass is 9.86. The van der Waals surface area contributed by atoms with Gasteiger partial charge in [-0.25, -0.2) is 0 Å². The van der Waals surface area contributed by atoms with Crippen LogP contribution < -0.4 is 0 Å². The zero-order valence-corrected chi connectivity index (χ0v) is 9.33. The van der Waals surface area contributed by atoms with E-state index in [1.165, 1.54) is 0 Å². The molecule has 0 aliphatic carbocycles. The Bertz CT molecular complexity index is 130. The average Bonchev–Trinajstić information content (AvgIpc) is 2.12. The molecule has 2 unspecified atom stereocenters. The molecule has 0 aliphatic heterocycles. The van der Waals surface area contributed by atoms with Crippen molar-refractivity contribution in [2.24, 2.45) is 5.92 Å². The van der Waals surface area contributed by atoms with E-state index in [9.17, 15) is 5.11 Å². The highest BCUT2D eigenvalue weighted by molar-refractivity contribution is 4.79. The quantitative estimate of drug-likeness (QED) is 0.649. The van der Waals surface area contributed by atoms with Gasteiger partial charge in [-0.15, -0.1) is 0 Å². The summed E-state index contributed by atoms with van der Waals surface area (Å²) in [5.74, 6) is 0.250. The van der Waals surface area contributed by atoms with E-state index in [2.05, 4.69) is 6.92 Å². The molecule has 0 saturated carbocycles. The van der Waals surface area contributed by atoms with Crippen LogP contribution in [0.5, 0.6) is 0 Å². The topological polar surface area (TPSA) is 38.7 Å². The van der Waals surface area contributed by atoms with E-state index in [0.717, 1.165) is 6.42 Å². The van der Waals surface area contributed by atoms with Crippen molar-refractivity contribution in [1.29, 1.82) is 0 Å². The first-order chi connectivity index (χ1) is 5.97. The molecule has 2 atom stereocenters. The molecule has 1 N–H and O–H groups in total. The fourth-order valence-corrected chi connectivity index (χ4v) is 1.24. The molecule has 0 amide bonds. The zero-order chi connectivity index (χ0) is 10.5. The van der Waals surface area contributed by atoms with Gasteiger partial charge in [0.05, 0.1) is 5.60 Å². The third-order valence-electron chi connectivity index (χ3n) is 2.78. The maximum absolute atomic E-state index is 10.1. The standard InChI is InChI=1S/C10H22O3/c1-6-8(2)10(3,11)7-9(12-4)13-5/h8-9,11H,6-7H2,1-5H3. The van der Waals surface area contributed by atoms with E-state index in [0.29, 0.717) is 6.42 Å². The van der Waals surface area contributed by atoms with Crippen molar-refractivity contribution in [2.45, 2.75) is 45.5 Å². The molecular weight excluding hydrogens is 168 g/mol. The second-order valence-electron chi connectivity index (χ2n) is 3.77. The van der Waals surface area contributed by atoms with Crippen LogP contribution in [0.4, 0.5) is 0 Å². The maximum Gasteiger partial charge on any atom is 0.159 e. The van der Waals surface area contributed by atoms with Crippen LogP contribution in [-0.2, 0) is 9.47 Å².